The lowest BCUT2D eigenvalue weighted by Gasteiger charge is -2.04. The number of benzene rings is 1. The van der Waals surface area contributed by atoms with Crippen LogP contribution in [0, 0.1) is 5.92 Å². The van der Waals surface area contributed by atoms with Gasteiger partial charge < -0.3 is 20.2 Å². The molecular weight excluding hydrogens is 268 g/mol. The van der Waals surface area contributed by atoms with Gasteiger partial charge in [-0.05, 0) is 36.6 Å². The van der Waals surface area contributed by atoms with Crippen LogP contribution in [0.3, 0.4) is 0 Å². The minimum absolute atomic E-state index is 0.156. The summed E-state index contributed by atoms with van der Waals surface area (Å²) in [5.41, 5.74) is 1.97. The fourth-order valence-electron chi connectivity index (χ4n) is 1.85. The summed E-state index contributed by atoms with van der Waals surface area (Å²) in [7, 11) is 0. The summed E-state index contributed by atoms with van der Waals surface area (Å²) in [5, 5.41) is 23.1. The monoisotopic (exact) mass is 290 g/mol. The first-order valence-corrected chi connectivity index (χ1v) is 7.17. The molecule has 6 nitrogen and oxygen atoms in total. The van der Waals surface area contributed by atoms with Crippen LogP contribution in [0.1, 0.15) is 25.3 Å². The smallest absolute Gasteiger partial charge is 0.320 e. The third-order valence-electron chi connectivity index (χ3n) is 2.90. The molecule has 1 aromatic carbocycles. The Bertz CT molecular complexity index is 537. The Kier molecular flexibility index (Phi) is 5.71. The number of rotatable bonds is 8. The molecule has 0 bridgehead atoms. The van der Waals surface area contributed by atoms with Gasteiger partial charge in [0.25, 0.3) is 0 Å². The molecule has 0 saturated carbocycles. The van der Waals surface area contributed by atoms with Gasteiger partial charge in [0.1, 0.15) is 0 Å². The van der Waals surface area contributed by atoms with E-state index in [-0.39, 0.29) is 6.61 Å². The molecule has 1 heterocycles. The number of hydrogen-bond donors (Lipinski definition) is 3. The van der Waals surface area contributed by atoms with Crippen molar-refractivity contribution in [3.63, 3.8) is 0 Å². The first-order valence-electron chi connectivity index (χ1n) is 7.17. The lowest BCUT2D eigenvalue weighted by atomic mass is 10.1. The average molecular weight is 290 g/mol. The average Bonchev–Trinajstić information content (AvgIpc) is 2.88. The molecule has 0 atom stereocenters. The summed E-state index contributed by atoms with van der Waals surface area (Å²) in [6.07, 6.45) is 0.659. The van der Waals surface area contributed by atoms with Crippen molar-refractivity contribution in [2.24, 2.45) is 5.92 Å². The molecule has 0 aliphatic rings. The summed E-state index contributed by atoms with van der Waals surface area (Å²) in [6, 6.07) is 8.14. The van der Waals surface area contributed by atoms with Gasteiger partial charge in [-0.3, -0.25) is 0 Å². The van der Waals surface area contributed by atoms with E-state index in [2.05, 4.69) is 34.7 Å². The summed E-state index contributed by atoms with van der Waals surface area (Å²) in [6.45, 7) is 5.94. The number of nitrogens with zero attached hydrogens (tertiary/aromatic N) is 2. The van der Waals surface area contributed by atoms with Crippen LogP contribution in [0.4, 0.5) is 11.7 Å². The lowest BCUT2D eigenvalue weighted by molar-refractivity contribution is 0.299. The molecule has 0 radical (unpaired) electrons. The van der Waals surface area contributed by atoms with Gasteiger partial charge in [0.05, 0.1) is 6.54 Å². The number of aromatic nitrogens is 2. The van der Waals surface area contributed by atoms with E-state index in [0.717, 1.165) is 17.8 Å². The van der Waals surface area contributed by atoms with Crippen molar-refractivity contribution in [1.82, 2.24) is 15.5 Å². The molecular formula is C15H22N4O2. The Labute approximate surface area is 124 Å². The van der Waals surface area contributed by atoms with E-state index in [4.69, 9.17) is 9.52 Å². The highest BCUT2D eigenvalue weighted by atomic mass is 16.4. The van der Waals surface area contributed by atoms with Crippen molar-refractivity contribution in [2.45, 2.75) is 26.8 Å². The summed E-state index contributed by atoms with van der Waals surface area (Å²) in [4.78, 5) is 0. The first kappa shape index (κ1) is 15.5. The Hall–Kier alpha value is -1.92. The summed E-state index contributed by atoms with van der Waals surface area (Å²) in [5.74, 6) is 1.15. The Morgan fingerprint density at radius 2 is 1.95 bits per heavy atom. The number of hydrogen-bond acceptors (Lipinski definition) is 6. The zero-order valence-corrected chi connectivity index (χ0v) is 12.5. The van der Waals surface area contributed by atoms with Crippen molar-refractivity contribution >= 4 is 11.7 Å². The van der Waals surface area contributed by atoms with Gasteiger partial charge in [0.2, 0.25) is 5.89 Å². The van der Waals surface area contributed by atoms with Gasteiger partial charge in [-0.2, -0.15) is 0 Å². The van der Waals surface area contributed by atoms with Crippen LogP contribution in [-0.4, -0.2) is 28.5 Å². The van der Waals surface area contributed by atoms with Gasteiger partial charge in [-0.15, -0.1) is 5.10 Å². The van der Waals surface area contributed by atoms with E-state index in [0.29, 0.717) is 30.8 Å². The quantitative estimate of drug-likeness (QED) is 0.690. The number of aliphatic hydroxyl groups is 1. The van der Waals surface area contributed by atoms with E-state index in [1.54, 1.807) is 0 Å². The van der Waals surface area contributed by atoms with E-state index in [9.17, 15) is 0 Å². The van der Waals surface area contributed by atoms with Crippen LogP contribution < -0.4 is 10.6 Å². The predicted octanol–water partition coefficient (Wildman–Crippen LogP) is 2.09. The zero-order chi connectivity index (χ0) is 15.1. The van der Waals surface area contributed by atoms with Crippen molar-refractivity contribution in [3.05, 3.63) is 35.7 Å². The lowest BCUT2D eigenvalue weighted by Crippen LogP contribution is -2.19. The summed E-state index contributed by atoms with van der Waals surface area (Å²) >= 11 is 0. The Balaban J connectivity index is 1.86. The van der Waals surface area contributed by atoms with Gasteiger partial charge in [-0.1, -0.05) is 31.1 Å². The summed E-state index contributed by atoms with van der Waals surface area (Å²) < 4.78 is 5.51. The molecule has 114 valence electrons. The van der Waals surface area contributed by atoms with Gasteiger partial charge in [-0.25, -0.2) is 0 Å². The van der Waals surface area contributed by atoms with Crippen LogP contribution in [0.25, 0.3) is 0 Å². The van der Waals surface area contributed by atoms with Crippen LogP contribution in [-0.2, 0) is 13.0 Å². The van der Waals surface area contributed by atoms with Crippen LogP contribution in [0.15, 0.2) is 28.7 Å². The maximum absolute atomic E-state index is 8.88. The highest BCUT2D eigenvalue weighted by Crippen LogP contribution is 2.16. The molecule has 6 heteroatoms. The highest BCUT2D eigenvalue weighted by Gasteiger charge is 2.06. The maximum atomic E-state index is 8.88. The largest absolute Gasteiger partial charge is 0.406 e. The van der Waals surface area contributed by atoms with E-state index in [1.165, 1.54) is 0 Å². The van der Waals surface area contributed by atoms with Crippen molar-refractivity contribution < 1.29 is 9.52 Å². The van der Waals surface area contributed by atoms with E-state index in [1.807, 2.05) is 24.3 Å². The molecule has 2 aromatic rings. The van der Waals surface area contributed by atoms with Crippen molar-refractivity contribution in [2.75, 3.05) is 18.5 Å². The molecule has 0 aliphatic heterocycles. The van der Waals surface area contributed by atoms with Crippen molar-refractivity contribution in [1.29, 1.82) is 0 Å². The topological polar surface area (TPSA) is 83.2 Å². The second-order valence-electron chi connectivity index (χ2n) is 5.32. The van der Waals surface area contributed by atoms with Crippen LogP contribution in [0.5, 0.6) is 0 Å². The fraction of sp³-hybridized carbons (Fsp3) is 0.467. The highest BCUT2D eigenvalue weighted by molar-refractivity contribution is 5.52. The maximum Gasteiger partial charge on any atom is 0.320 e. The zero-order valence-electron chi connectivity index (χ0n) is 12.5. The second kappa shape index (κ2) is 7.75. The second-order valence-corrected chi connectivity index (χ2v) is 5.32. The van der Waals surface area contributed by atoms with Gasteiger partial charge >= 0.3 is 6.01 Å². The minimum atomic E-state index is 0.156. The molecule has 0 aliphatic carbocycles. The Morgan fingerprint density at radius 3 is 2.62 bits per heavy atom. The normalized spacial score (nSPS) is 11.0. The van der Waals surface area contributed by atoms with Crippen LogP contribution >= 0.6 is 0 Å². The first-order chi connectivity index (χ1) is 10.2. The minimum Gasteiger partial charge on any atom is -0.406 e. The fourth-order valence-corrected chi connectivity index (χ4v) is 1.85. The molecule has 0 fully saturated rings. The SMILES string of the molecule is CC(C)CNCc1nnc(Nc2ccc(CCO)cc2)o1. The molecule has 0 spiro atoms. The van der Waals surface area contributed by atoms with Gasteiger partial charge in [0, 0.05) is 12.3 Å². The molecule has 3 N–H and O–H groups in total. The molecule has 2 rings (SSSR count). The predicted molar refractivity (Wildman–Crippen MR) is 81.4 cm³/mol. The van der Waals surface area contributed by atoms with Crippen molar-refractivity contribution in [3.8, 4) is 0 Å². The molecule has 1 aromatic heterocycles. The third-order valence-corrected chi connectivity index (χ3v) is 2.90. The number of anilines is 2. The molecule has 21 heavy (non-hydrogen) atoms. The van der Waals surface area contributed by atoms with E-state index < -0.39 is 0 Å². The molecule has 0 unspecified atom stereocenters. The molecule has 0 saturated heterocycles. The van der Waals surface area contributed by atoms with Gasteiger partial charge in [0.15, 0.2) is 0 Å². The van der Waals surface area contributed by atoms with E-state index >= 15 is 0 Å². The Morgan fingerprint density at radius 1 is 1.19 bits per heavy atom. The third kappa shape index (κ3) is 5.17. The number of nitrogens with one attached hydrogen (secondary N) is 2. The number of aliphatic hydroxyl groups excluding tert-OH is 1. The molecule has 0 amide bonds. The van der Waals surface area contributed by atoms with Crippen LogP contribution in [0.2, 0.25) is 0 Å². The standard InChI is InChI=1S/C15H22N4O2/c1-11(2)9-16-10-14-18-19-15(21-14)17-13-5-3-12(4-6-13)7-8-20/h3-6,11,16,20H,7-10H2,1-2H3,(H,17,19).